The van der Waals surface area contributed by atoms with Crippen molar-refractivity contribution in [1.82, 2.24) is 0 Å². The number of aryl methyl sites for hydroxylation is 3. The van der Waals surface area contributed by atoms with Gasteiger partial charge in [0.05, 0.1) is 13.7 Å². The number of hydrogen-bond acceptors (Lipinski definition) is 3. The van der Waals surface area contributed by atoms with Gasteiger partial charge < -0.3 is 9.47 Å². The van der Waals surface area contributed by atoms with Crippen LogP contribution in [0.5, 0.6) is 5.75 Å². The molecule has 0 unspecified atom stereocenters. The zero-order valence-corrected chi connectivity index (χ0v) is 11.0. The van der Waals surface area contributed by atoms with Gasteiger partial charge in [-0.1, -0.05) is 6.07 Å². The Hall–Kier alpha value is -1.51. The van der Waals surface area contributed by atoms with Crippen molar-refractivity contribution in [1.29, 1.82) is 0 Å². The van der Waals surface area contributed by atoms with Crippen LogP contribution in [0.4, 0.5) is 0 Å². The van der Waals surface area contributed by atoms with Gasteiger partial charge in [0, 0.05) is 6.42 Å². The Morgan fingerprint density at radius 1 is 1.24 bits per heavy atom. The summed E-state index contributed by atoms with van der Waals surface area (Å²) in [6.07, 6.45) is 1.15. The van der Waals surface area contributed by atoms with E-state index < -0.39 is 0 Å². The topological polar surface area (TPSA) is 35.5 Å². The molecule has 0 fully saturated rings. The van der Waals surface area contributed by atoms with Gasteiger partial charge in [0.2, 0.25) is 0 Å². The molecular weight excluding hydrogens is 216 g/mol. The van der Waals surface area contributed by atoms with Gasteiger partial charge in [-0.3, -0.25) is 4.79 Å². The highest BCUT2D eigenvalue weighted by molar-refractivity contribution is 5.69. The monoisotopic (exact) mass is 236 g/mol. The Morgan fingerprint density at radius 2 is 1.94 bits per heavy atom. The molecule has 0 spiro atoms. The third kappa shape index (κ3) is 3.77. The molecule has 0 aliphatic rings. The molecule has 0 aliphatic heterocycles. The lowest BCUT2D eigenvalue weighted by molar-refractivity contribution is -0.143. The van der Waals surface area contributed by atoms with E-state index in [1.54, 1.807) is 7.11 Å². The molecule has 0 radical (unpaired) electrons. The molecule has 1 aromatic rings. The first-order chi connectivity index (χ1) is 8.08. The summed E-state index contributed by atoms with van der Waals surface area (Å²) < 4.78 is 10.2. The second kappa shape index (κ2) is 6.28. The summed E-state index contributed by atoms with van der Waals surface area (Å²) >= 11 is 0. The average Bonchev–Trinajstić information content (AvgIpc) is 2.30. The van der Waals surface area contributed by atoms with Crippen LogP contribution >= 0.6 is 0 Å². The molecule has 0 heterocycles. The summed E-state index contributed by atoms with van der Waals surface area (Å²) in [5, 5.41) is 0. The van der Waals surface area contributed by atoms with Crippen LogP contribution in [0.3, 0.4) is 0 Å². The van der Waals surface area contributed by atoms with E-state index in [2.05, 4.69) is 6.07 Å². The summed E-state index contributed by atoms with van der Waals surface area (Å²) in [4.78, 5) is 11.3. The van der Waals surface area contributed by atoms with Crippen molar-refractivity contribution in [3.05, 3.63) is 28.8 Å². The number of carbonyl (C=O) groups excluding carboxylic acids is 1. The molecule has 0 saturated carbocycles. The molecule has 0 aliphatic carbocycles. The van der Waals surface area contributed by atoms with E-state index >= 15 is 0 Å². The number of ether oxygens (including phenoxy) is 2. The Balaban J connectivity index is 2.72. The maximum atomic E-state index is 11.3. The van der Waals surface area contributed by atoms with E-state index in [-0.39, 0.29) is 5.97 Å². The van der Waals surface area contributed by atoms with Gasteiger partial charge in [0.15, 0.2) is 0 Å². The summed E-state index contributed by atoms with van der Waals surface area (Å²) in [5.41, 5.74) is 3.42. The standard InChI is InChI=1S/C14H20O3/c1-5-17-14(15)7-6-12-8-11(3)13(16-4)9-10(12)2/h8-9H,5-7H2,1-4H3. The minimum atomic E-state index is -0.139. The third-order valence-electron chi connectivity index (χ3n) is 2.76. The predicted molar refractivity (Wildman–Crippen MR) is 67.4 cm³/mol. The first-order valence-corrected chi connectivity index (χ1v) is 5.88. The summed E-state index contributed by atoms with van der Waals surface area (Å²) in [5.74, 6) is 0.753. The molecule has 94 valence electrons. The van der Waals surface area contributed by atoms with Crippen LogP contribution in [0.25, 0.3) is 0 Å². The first-order valence-electron chi connectivity index (χ1n) is 5.88. The molecule has 0 aromatic heterocycles. The predicted octanol–water partition coefficient (Wildman–Crippen LogP) is 2.81. The minimum absolute atomic E-state index is 0.139. The molecule has 0 atom stereocenters. The fourth-order valence-corrected chi connectivity index (χ4v) is 1.81. The number of methoxy groups -OCH3 is 1. The maximum absolute atomic E-state index is 11.3. The van der Waals surface area contributed by atoms with Crippen molar-refractivity contribution in [2.24, 2.45) is 0 Å². The molecule has 3 heteroatoms. The van der Waals surface area contributed by atoms with E-state index in [0.717, 1.165) is 23.3 Å². The van der Waals surface area contributed by atoms with Crippen LogP contribution in [-0.4, -0.2) is 19.7 Å². The summed E-state index contributed by atoms with van der Waals surface area (Å²) in [6.45, 7) is 6.30. The fraction of sp³-hybridized carbons (Fsp3) is 0.500. The van der Waals surface area contributed by atoms with Crippen molar-refractivity contribution in [3.63, 3.8) is 0 Å². The Morgan fingerprint density at radius 3 is 2.53 bits per heavy atom. The Kier molecular flexibility index (Phi) is 5.01. The van der Waals surface area contributed by atoms with E-state index in [1.165, 1.54) is 5.56 Å². The minimum Gasteiger partial charge on any atom is -0.496 e. The second-order valence-electron chi connectivity index (χ2n) is 4.05. The van der Waals surface area contributed by atoms with Gasteiger partial charge in [-0.25, -0.2) is 0 Å². The van der Waals surface area contributed by atoms with Crippen molar-refractivity contribution >= 4 is 5.97 Å². The smallest absolute Gasteiger partial charge is 0.306 e. The van der Waals surface area contributed by atoms with Gasteiger partial charge in [-0.15, -0.1) is 0 Å². The Bertz CT molecular complexity index is 397. The van der Waals surface area contributed by atoms with E-state index in [0.29, 0.717) is 13.0 Å². The van der Waals surface area contributed by atoms with Gasteiger partial charge in [0.25, 0.3) is 0 Å². The molecule has 17 heavy (non-hydrogen) atoms. The summed E-state index contributed by atoms with van der Waals surface area (Å²) in [7, 11) is 1.67. The Labute approximate surface area is 103 Å². The number of esters is 1. The van der Waals surface area contributed by atoms with Crippen LogP contribution in [0.1, 0.15) is 30.0 Å². The van der Waals surface area contributed by atoms with Crippen molar-refractivity contribution in [3.8, 4) is 5.75 Å². The van der Waals surface area contributed by atoms with Crippen LogP contribution in [0.2, 0.25) is 0 Å². The van der Waals surface area contributed by atoms with Crippen molar-refractivity contribution in [2.75, 3.05) is 13.7 Å². The normalized spacial score (nSPS) is 10.1. The molecule has 3 nitrogen and oxygen atoms in total. The number of benzene rings is 1. The highest BCUT2D eigenvalue weighted by atomic mass is 16.5. The van der Waals surface area contributed by atoms with Crippen LogP contribution in [0, 0.1) is 13.8 Å². The van der Waals surface area contributed by atoms with E-state index in [9.17, 15) is 4.79 Å². The van der Waals surface area contributed by atoms with Crippen LogP contribution < -0.4 is 4.74 Å². The average molecular weight is 236 g/mol. The molecular formula is C14H20O3. The highest BCUT2D eigenvalue weighted by Crippen LogP contribution is 2.23. The van der Waals surface area contributed by atoms with Crippen LogP contribution in [0.15, 0.2) is 12.1 Å². The lowest BCUT2D eigenvalue weighted by atomic mass is 10.0. The van der Waals surface area contributed by atoms with Crippen LogP contribution in [-0.2, 0) is 16.0 Å². The van der Waals surface area contributed by atoms with Crippen molar-refractivity contribution in [2.45, 2.75) is 33.6 Å². The molecule has 0 bridgehead atoms. The summed E-state index contributed by atoms with van der Waals surface area (Å²) in [6, 6.07) is 4.09. The van der Waals surface area contributed by atoms with E-state index in [4.69, 9.17) is 9.47 Å². The lowest BCUT2D eigenvalue weighted by Crippen LogP contribution is -2.06. The first kappa shape index (κ1) is 13.6. The zero-order chi connectivity index (χ0) is 12.8. The number of hydrogen-bond donors (Lipinski definition) is 0. The zero-order valence-electron chi connectivity index (χ0n) is 11.0. The van der Waals surface area contributed by atoms with E-state index in [1.807, 2.05) is 26.8 Å². The van der Waals surface area contributed by atoms with Gasteiger partial charge in [-0.2, -0.15) is 0 Å². The maximum Gasteiger partial charge on any atom is 0.306 e. The molecule has 1 aromatic carbocycles. The molecule has 0 saturated heterocycles. The van der Waals surface area contributed by atoms with Gasteiger partial charge in [-0.05, 0) is 49.9 Å². The largest absolute Gasteiger partial charge is 0.496 e. The lowest BCUT2D eigenvalue weighted by Gasteiger charge is -2.11. The number of rotatable bonds is 5. The highest BCUT2D eigenvalue weighted by Gasteiger charge is 2.07. The molecule has 1 rings (SSSR count). The fourth-order valence-electron chi connectivity index (χ4n) is 1.81. The third-order valence-corrected chi connectivity index (χ3v) is 2.76. The molecule has 0 N–H and O–H groups in total. The second-order valence-corrected chi connectivity index (χ2v) is 4.05. The quantitative estimate of drug-likeness (QED) is 0.737. The molecule has 0 amide bonds. The van der Waals surface area contributed by atoms with Crippen molar-refractivity contribution < 1.29 is 14.3 Å². The van der Waals surface area contributed by atoms with Gasteiger partial charge >= 0.3 is 5.97 Å². The SMILES string of the molecule is CCOC(=O)CCc1cc(C)c(OC)cc1C. The number of carbonyl (C=O) groups is 1. The van der Waals surface area contributed by atoms with Gasteiger partial charge in [0.1, 0.15) is 5.75 Å².